The van der Waals surface area contributed by atoms with Crippen molar-refractivity contribution in [1.29, 1.82) is 0 Å². The highest BCUT2D eigenvalue weighted by atomic mass is 32.2. The van der Waals surface area contributed by atoms with Gasteiger partial charge in [0.2, 0.25) is 0 Å². The predicted octanol–water partition coefficient (Wildman–Crippen LogP) is 1.15. The number of rotatable bonds is 1. The van der Waals surface area contributed by atoms with Crippen molar-refractivity contribution in [2.24, 2.45) is 0 Å². The van der Waals surface area contributed by atoms with Crippen LogP contribution in [0.15, 0.2) is 0 Å². The monoisotopic (exact) mass is 188 g/mol. The molecule has 1 heterocycles. The molecule has 0 aromatic rings. The lowest BCUT2D eigenvalue weighted by molar-refractivity contribution is 0.212. The van der Waals surface area contributed by atoms with Crippen LogP contribution in [-0.4, -0.2) is 42.6 Å². The fraction of sp³-hybridized carbons (Fsp3) is 0.875. The summed E-state index contributed by atoms with van der Waals surface area (Å²) in [5.74, 6) is 2.36. The van der Waals surface area contributed by atoms with Crippen molar-refractivity contribution in [2.45, 2.75) is 18.9 Å². The van der Waals surface area contributed by atoms with Gasteiger partial charge in [-0.3, -0.25) is 0 Å². The third-order valence-corrected chi connectivity index (χ3v) is 3.00. The minimum absolute atomic E-state index is 0.0342. The van der Waals surface area contributed by atoms with Gasteiger partial charge in [0.1, 0.15) is 0 Å². The fourth-order valence-electron chi connectivity index (χ4n) is 1.15. The van der Waals surface area contributed by atoms with E-state index in [9.17, 15) is 4.79 Å². The van der Waals surface area contributed by atoms with E-state index in [0.717, 1.165) is 12.8 Å². The summed E-state index contributed by atoms with van der Waals surface area (Å²) in [6.07, 6.45) is 2.23. The molecular formula is C8H16N2OS. The Morgan fingerprint density at radius 3 is 2.50 bits per heavy atom. The van der Waals surface area contributed by atoms with E-state index in [2.05, 4.69) is 5.32 Å². The van der Waals surface area contributed by atoms with Crippen LogP contribution in [0.3, 0.4) is 0 Å². The fourth-order valence-corrected chi connectivity index (χ4v) is 2.25. The summed E-state index contributed by atoms with van der Waals surface area (Å²) in [6.45, 7) is 0. The largest absolute Gasteiger partial charge is 0.335 e. The van der Waals surface area contributed by atoms with Crippen molar-refractivity contribution in [2.75, 3.05) is 25.6 Å². The molecule has 4 heteroatoms. The van der Waals surface area contributed by atoms with Crippen LogP contribution in [0, 0.1) is 0 Å². The number of urea groups is 1. The minimum Gasteiger partial charge on any atom is -0.335 e. The van der Waals surface area contributed by atoms with Gasteiger partial charge in [0.25, 0.3) is 0 Å². The topological polar surface area (TPSA) is 32.3 Å². The molecule has 1 fully saturated rings. The Hall–Kier alpha value is -0.380. The number of carbonyl (C=O) groups excluding carboxylic acids is 1. The lowest BCUT2D eigenvalue weighted by Crippen LogP contribution is -2.42. The highest BCUT2D eigenvalue weighted by molar-refractivity contribution is 7.99. The first-order chi connectivity index (χ1) is 5.70. The summed E-state index contributed by atoms with van der Waals surface area (Å²) in [4.78, 5) is 12.8. The van der Waals surface area contributed by atoms with Gasteiger partial charge in [-0.2, -0.15) is 11.8 Å². The van der Waals surface area contributed by atoms with Gasteiger partial charge in [-0.05, 0) is 24.3 Å². The van der Waals surface area contributed by atoms with Crippen molar-refractivity contribution in [3.05, 3.63) is 0 Å². The van der Waals surface area contributed by atoms with Gasteiger partial charge in [-0.15, -0.1) is 0 Å². The number of nitrogens with one attached hydrogen (secondary N) is 1. The molecule has 0 atom stereocenters. The Kier molecular flexibility index (Phi) is 3.72. The van der Waals surface area contributed by atoms with E-state index >= 15 is 0 Å². The number of nitrogens with zero attached hydrogens (tertiary/aromatic N) is 1. The minimum atomic E-state index is 0.0342. The van der Waals surface area contributed by atoms with E-state index in [-0.39, 0.29) is 6.03 Å². The number of thioether (sulfide) groups is 1. The maximum absolute atomic E-state index is 11.2. The molecule has 2 amide bonds. The van der Waals surface area contributed by atoms with Crippen molar-refractivity contribution < 1.29 is 4.79 Å². The number of hydrogen-bond donors (Lipinski definition) is 1. The van der Waals surface area contributed by atoms with Crippen molar-refractivity contribution >= 4 is 17.8 Å². The molecule has 1 N–H and O–H groups in total. The van der Waals surface area contributed by atoms with Crippen LogP contribution < -0.4 is 5.32 Å². The zero-order valence-corrected chi connectivity index (χ0v) is 8.49. The Morgan fingerprint density at radius 1 is 1.42 bits per heavy atom. The molecule has 3 nitrogen and oxygen atoms in total. The maximum atomic E-state index is 11.2. The highest BCUT2D eigenvalue weighted by Gasteiger charge is 2.16. The third kappa shape index (κ3) is 2.93. The van der Waals surface area contributed by atoms with Crippen LogP contribution in [0.25, 0.3) is 0 Å². The summed E-state index contributed by atoms with van der Waals surface area (Å²) in [7, 11) is 3.54. The average Bonchev–Trinajstić information content (AvgIpc) is 2.06. The van der Waals surface area contributed by atoms with Crippen molar-refractivity contribution in [3.8, 4) is 0 Å². The SMILES string of the molecule is CN(C)C(=O)NC1CCSCC1. The molecule has 1 rings (SSSR count). The molecule has 1 aliphatic rings. The normalized spacial score (nSPS) is 18.8. The van der Waals surface area contributed by atoms with Gasteiger partial charge in [0.05, 0.1) is 0 Å². The molecule has 70 valence electrons. The van der Waals surface area contributed by atoms with E-state index in [1.165, 1.54) is 11.5 Å². The van der Waals surface area contributed by atoms with Gasteiger partial charge in [-0.25, -0.2) is 4.79 Å². The molecule has 0 aromatic carbocycles. The van der Waals surface area contributed by atoms with Gasteiger partial charge in [0.15, 0.2) is 0 Å². The van der Waals surface area contributed by atoms with E-state index < -0.39 is 0 Å². The quantitative estimate of drug-likeness (QED) is 0.669. The lowest BCUT2D eigenvalue weighted by Gasteiger charge is -2.24. The van der Waals surface area contributed by atoms with Crippen LogP contribution in [0.4, 0.5) is 4.79 Å². The molecule has 0 saturated carbocycles. The Morgan fingerprint density at radius 2 is 2.00 bits per heavy atom. The molecule has 0 bridgehead atoms. The first-order valence-electron chi connectivity index (χ1n) is 4.25. The highest BCUT2D eigenvalue weighted by Crippen LogP contribution is 2.16. The van der Waals surface area contributed by atoms with Crippen molar-refractivity contribution in [3.63, 3.8) is 0 Å². The Labute approximate surface area is 77.9 Å². The van der Waals surface area contributed by atoms with Gasteiger partial charge in [0, 0.05) is 20.1 Å². The van der Waals surface area contributed by atoms with E-state index in [1.807, 2.05) is 11.8 Å². The average molecular weight is 188 g/mol. The van der Waals surface area contributed by atoms with Crippen LogP contribution >= 0.6 is 11.8 Å². The van der Waals surface area contributed by atoms with Crippen LogP contribution in [-0.2, 0) is 0 Å². The predicted molar refractivity (Wildman–Crippen MR) is 52.6 cm³/mol. The number of carbonyl (C=O) groups is 1. The molecule has 1 saturated heterocycles. The Balaban J connectivity index is 2.24. The maximum Gasteiger partial charge on any atom is 0.317 e. The van der Waals surface area contributed by atoms with Gasteiger partial charge < -0.3 is 10.2 Å². The number of hydrogen-bond acceptors (Lipinski definition) is 2. The second-order valence-electron chi connectivity index (χ2n) is 3.23. The standard InChI is InChI=1S/C8H16N2OS/c1-10(2)8(11)9-7-3-5-12-6-4-7/h7H,3-6H2,1-2H3,(H,9,11). The summed E-state index contributed by atoms with van der Waals surface area (Å²) in [5, 5.41) is 2.99. The molecule has 0 spiro atoms. The van der Waals surface area contributed by atoms with Crippen molar-refractivity contribution in [1.82, 2.24) is 10.2 Å². The molecule has 0 aliphatic carbocycles. The smallest absolute Gasteiger partial charge is 0.317 e. The third-order valence-electron chi connectivity index (χ3n) is 1.96. The molecule has 12 heavy (non-hydrogen) atoms. The van der Waals surface area contributed by atoms with Gasteiger partial charge in [-0.1, -0.05) is 0 Å². The molecule has 0 radical (unpaired) electrons. The second-order valence-corrected chi connectivity index (χ2v) is 4.46. The zero-order valence-electron chi connectivity index (χ0n) is 7.67. The van der Waals surface area contributed by atoms with E-state index in [4.69, 9.17) is 0 Å². The summed E-state index contributed by atoms with van der Waals surface area (Å²) in [5.41, 5.74) is 0. The summed E-state index contributed by atoms with van der Waals surface area (Å²) >= 11 is 1.97. The van der Waals surface area contributed by atoms with Crippen LogP contribution in [0.2, 0.25) is 0 Å². The van der Waals surface area contributed by atoms with E-state index in [1.54, 1.807) is 19.0 Å². The molecule has 0 aromatic heterocycles. The van der Waals surface area contributed by atoms with E-state index in [0.29, 0.717) is 6.04 Å². The van der Waals surface area contributed by atoms with Crippen LogP contribution in [0.1, 0.15) is 12.8 Å². The second kappa shape index (κ2) is 4.60. The first kappa shape index (κ1) is 9.71. The molecular weight excluding hydrogens is 172 g/mol. The summed E-state index contributed by atoms with van der Waals surface area (Å²) in [6, 6.07) is 0.438. The summed E-state index contributed by atoms with van der Waals surface area (Å²) < 4.78 is 0. The first-order valence-corrected chi connectivity index (χ1v) is 5.41. The lowest BCUT2D eigenvalue weighted by atomic mass is 10.2. The molecule has 0 unspecified atom stereocenters. The van der Waals surface area contributed by atoms with Gasteiger partial charge >= 0.3 is 6.03 Å². The zero-order chi connectivity index (χ0) is 8.97. The number of amides is 2. The molecule has 1 aliphatic heterocycles. The Bertz CT molecular complexity index is 155. The van der Waals surface area contributed by atoms with Crippen LogP contribution in [0.5, 0.6) is 0 Å².